The molecule has 2 rings (SSSR count). The number of hydrogen-bond acceptors (Lipinski definition) is 3. The molecule has 15 heavy (non-hydrogen) atoms. The van der Waals surface area contributed by atoms with E-state index < -0.39 is 0 Å². The van der Waals surface area contributed by atoms with E-state index in [0.717, 1.165) is 10.5 Å². The first-order chi connectivity index (χ1) is 7.11. The van der Waals surface area contributed by atoms with Crippen molar-refractivity contribution < 1.29 is 9.59 Å². The minimum absolute atomic E-state index is 0.176. The summed E-state index contributed by atoms with van der Waals surface area (Å²) >= 11 is 0. The molecule has 6 nitrogen and oxygen atoms in total. The van der Waals surface area contributed by atoms with Gasteiger partial charge in [-0.15, -0.1) is 0 Å². The van der Waals surface area contributed by atoms with Gasteiger partial charge in [-0.3, -0.25) is 14.8 Å². The van der Waals surface area contributed by atoms with Crippen LogP contribution in [0.2, 0.25) is 0 Å². The summed E-state index contributed by atoms with van der Waals surface area (Å²) in [4.78, 5) is 24.2. The van der Waals surface area contributed by atoms with E-state index in [1.165, 1.54) is 7.05 Å². The van der Waals surface area contributed by atoms with Crippen LogP contribution in [0.1, 0.15) is 18.5 Å². The average molecular weight is 208 g/mol. The summed E-state index contributed by atoms with van der Waals surface area (Å²) in [5, 5.41) is 9.22. The number of amides is 3. The molecular formula is C9H12N4O2. The van der Waals surface area contributed by atoms with Gasteiger partial charge in [0.25, 0.3) is 0 Å². The minimum atomic E-state index is -0.371. The van der Waals surface area contributed by atoms with Gasteiger partial charge in [0.1, 0.15) is 0 Å². The number of rotatable bonds is 1. The molecule has 3 amide bonds. The van der Waals surface area contributed by atoms with Crippen LogP contribution in [0, 0.1) is 5.92 Å². The highest BCUT2D eigenvalue weighted by Crippen LogP contribution is 2.26. The second-order valence-corrected chi connectivity index (χ2v) is 3.64. The average Bonchev–Trinajstić information content (AvgIpc) is 2.73. The lowest BCUT2D eigenvalue weighted by molar-refractivity contribution is -0.133. The fraction of sp³-hybridized carbons (Fsp3) is 0.444. The number of carbonyl (C=O) groups is 2. The quantitative estimate of drug-likeness (QED) is 0.695. The van der Waals surface area contributed by atoms with Gasteiger partial charge in [-0.1, -0.05) is 6.92 Å². The first-order valence-electron chi connectivity index (χ1n) is 4.68. The number of urea groups is 1. The maximum absolute atomic E-state index is 11.7. The Labute approximate surface area is 86.6 Å². The number of aromatic amines is 1. The number of hydrogen-bond donors (Lipinski definition) is 2. The number of H-pyrrole nitrogens is 1. The van der Waals surface area contributed by atoms with Crippen molar-refractivity contribution in [1.29, 1.82) is 0 Å². The fourth-order valence-electron chi connectivity index (χ4n) is 1.71. The van der Waals surface area contributed by atoms with E-state index in [0.29, 0.717) is 0 Å². The Hall–Kier alpha value is -1.85. The molecule has 0 bridgehead atoms. The number of nitrogens with one attached hydrogen (secondary N) is 2. The molecule has 0 aliphatic carbocycles. The van der Waals surface area contributed by atoms with E-state index >= 15 is 0 Å². The highest BCUT2D eigenvalue weighted by atomic mass is 16.2. The molecule has 0 spiro atoms. The van der Waals surface area contributed by atoms with E-state index in [-0.39, 0.29) is 23.9 Å². The molecule has 0 aromatic carbocycles. The van der Waals surface area contributed by atoms with Crippen LogP contribution in [-0.4, -0.2) is 34.1 Å². The lowest BCUT2D eigenvalue weighted by Gasteiger charge is -2.33. The second kappa shape index (κ2) is 3.38. The zero-order valence-corrected chi connectivity index (χ0v) is 8.52. The summed E-state index contributed by atoms with van der Waals surface area (Å²) in [6.07, 6.45) is 3.29. The lowest BCUT2D eigenvalue weighted by Crippen LogP contribution is -2.53. The van der Waals surface area contributed by atoms with Crippen molar-refractivity contribution in [3.63, 3.8) is 0 Å². The number of imide groups is 1. The predicted octanol–water partition coefficient (Wildman–Crippen LogP) is 0.268. The van der Waals surface area contributed by atoms with E-state index in [9.17, 15) is 9.59 Å². The first kappa shape index (κ1) is 9.70. The third-order valence-corrected chi connectivity index (χ3v) is 2.68. The Balaban J connectivity index is 2.28. The third-order valence-electron chi connectivity index (χ3n) is 2.68. The molecule has 1 fully saturated rings. The van der Waals surface area contributed by atoms with Gasteiger partial charge >= 0.3 is 6.03 Å². The molecule has 0 saturated carbocycles. The largest absolute Gasteiger partial charge is 0.330 e. The van der Waals surface area contributed by atoms with Gasteiger partial charge in [0.2, 0.25) is 5.91 Å². The molecule has 1 aromatic rings. The predicted molar refractivity (Wildman–Crippen MR) is 51.8 cm³/mol. The summed E-state index contributed by atoms with van der Waals surface area (Å²) in [5.41, 5.74) is 0.817. The van der Waals surface area contributed by atoms with Crippen LogP contribution in [0.4, 0.5) is 4.79 Å². The number of aromatic nitrogens is 2. The monoisotopic (exact) mass is 208 g/mol. The van der Waals surface area contributed by atoms with E-state index in [1.54, 1.807) is 19.3 Å². The molecule has 2 N–H and O–H groups in total. The zero-order valence-electron chi connectivity index (χ0n) is 8.52. The van der Waals surface area contributed by atoms with Gasteiger partial charge in [0.15, 0.2) is 0 Å². The Morgan fingerprint density at radius 2 is 2.20 bits per heavy atom. The highest BCUT2D eigenvalue weighted by Gasteiger charge is 2.37. The van der Waals surface area contributed by atoms with Crippen molar-refractivity contribution >= 4 is 11.9 Å². The van der Waals surface area contributed by atoms with Crippen LogP contribution in [-0.2, 0) is 4.79 Å². The smallest absolute Gasteiger partial charge is 0.324 e. The Morgan fingerprint density at radius 3 is 2.80 bits per heavy atom. The fourth-order valence-corrected chi connectivity index (χ4v) is 1.71. The maximum atomic E-state index is 11.7. The minimum Gasteiger partial charge on any atom is -0.330 e. The van der Waals surface area contributed by atoms with E-state index in [4.69, 9.17) is 0 Å². The summed E-state index contributed by atoms with van der Waals surface area (Å²) < 4.78 is 0. The van der Waals surface area contributed by atoms with Crippen LogP contribution in [0.5, 0.6) is 0 Å². The van der Waals surface area contributed by atoms with E-state index in [2.05, 4.69) is 15.5 Å². The van der Waals surface area contributed by atoms with Crippen LogP contribution < -0.4 is 5.32 Å². The zero-order chi connectivity index (χ0) is 11.0. The third kappa shape index (κ3) is 1.47. The van der Waals surface area contributed by atoms with Crippen LogP contribution in [0.3, 0.4) is 0 Å². The SMILES string of the molecule is CC1C(=O)N(C)C(=O)NC1c1cn[nH]c1. The van der Waals surface area contributed by atoms with Crippen molar-refractivity contribution in [2.75, 3.05) is 7.05 Å². The van der Waals surface area contributed by atoms with Crippen LogP contribution in [0.25, 0.3) is 0 Å². The van der Waals surface area contributed by atoms with Gasteiger partial charge in [-0.2, -0.15) is 5.10 Å². The number of carbonyl (C=O) groups excluding carboxylic acids is 2. The molecule has 1 aromatic heterocycles. The lowest BCUT2D eigenvalue weighted by atomic mass is 9.94. The van der Waals surface area contributed by atoms with Gasteiger partial charge in [-0.05, 0) is 0 Å². The molecule has 6 heteroatoms. The summed E-state index contributed by atoms with van der Waals surface area (Å²) in [7, 11) is 1.47. The normalized spacial score (nSPS) is 26.7. The molecule has 2 heterocycles. The Bertz CT molecular complexity index is 387. The van der Waals surface area contributed by atoms with Crippen LogP contribution in [0.15, 0.2) is 12.4 Å². The Kier molecular flexibility index (Phi) is 2.18. The van der Waals surface area contributed by atoms with Gasteiger partial charge < -0.3 is 5.32 Å². The summed E-state index contributed by atoms with van der Waals surface area (Å²) in [6.45, 7) is 1.79. The van der Waals surface area contributed by atoms with Crippen molar-refractivity contribution in [3.05, 3.63) is 18.0 Å². The van der Waals surface area contributed by atoms with Gasteiger partial charge in [-0.25, -0.2) is 4.79 Å². The van der Waals surface area contributed by atoms with Crippen molar-refractivity contribution in [2.24, 2.45) is 5.92 Å². The molecule has 0 radical (unpaired) electrons. The van der Waals surface area contributed by atoms with Crippen LogP contribution >= 0.6 is 0 Å². The van der Waals surface area contributed by atoms with Gasteiger partial charge in [0, 0.05) is 18.8 Å². The second-order valence-electron chi connectivity index (χ2n) is 3.64. The van der Waals surface area contributed by atoms with E-state index in [1.807, 2.05) is 0 Å². The first-order valence-corrected chi connectivity index (χ1v) is 4.68. The molecule has 2 atom stereocenters. The molecule has 1 aliphatic heterocycles. The molecule has 2 unspecified atom stereocenters. The standard InChI is InChI=1S/C9H12N4O2/c1-5-7(6-3-10-11-4-6)12-9(15)13(2)8(5)14/h3-5,7H,1-2H3,(H,10,11)(H,12,15). The highest BCUT2D eigenvalue weighted by molar-refractivity contribution is 5.98. The Morgan fingerprint density at radius 1 is 1.47 bits per heavy atom. The molecule has 80 valence electrons. The topological polar surface area (TPSA) is 78.1 Å². The summed E-state index contributed by atoms with van der Waals surface area (Å²) in [6, 6.07) is -0.663. The van der Waals surface area contributed by atoms with Gasteiger partial charge in [0.05, 0.1) is 18.2 Å². The van der Waals surface area contributed by atoms with Crippen molar-refractivity contribution in [1.82, 2.24) is 20.4 Å². The van der Waals surface area contributed by atoms with Crippen molar-refractivity contribution in [3.8, 4) is 0 Å². The van der Waals surface area contributed by atoms with Crippen molar-refractivity contribution in [2.45, 2.75) is 13.0 Å². The molecule has 1 aliphatic rings. The summed E-state index contributed by atoms with van der Waals surface area (Å²) in [5.74, 6) is -0.449. The molecule has 1 saturated heterocycles. The molecular weight excluding hydrogens is 196 g/mol. The maximum Gasteiger partial charge on any atom is 0.324 e. The number of nitrogens with zero attached hydrogens (tertiary/aromatic N) is 2.